The van der Waals surface area contributed by atoms with Crippen molar-refractivity contribution in [3.8, 4) is 11.5 Å². The smallest absolute Gasteiger partial charge is 0.161 e. The number of hydrogen-bond acceptors (Lipinski definition) is 5. The summed E-state index contributed by atoms with van der Waals surface area (Å²) in [5, 5.41) is 0. The second kappa shape index (κ2) is 7.07. The van der Waals surface area contributed by atoms with E-state index in [1.807, 2.05) is 18.2 Å². The van der Waals surface area contributed by atoms with Crippen LogP contribution < -0.4 is 9.47 Å². The third-order valence-electron chi connectivity index (χ3n) is 6.60. The van der Waals surface area contributed by atoms with Crippen molar-refractivity contribution in [2.45, 2.75) is 59.3 Å². The molecule has 1 aromatic carbocycles. The highest BCUT2D eigenvalue weighted by Gasteiger charge is 2.49. The van der Waals surface area contributed by atoms with Crippen molar-refractivity contribution in [2.75, 3.05) is 14.2 Å². The summed E-state index contributed by atoms with van der Waals surface area (Å²) in [6, 6.07) is 5.73. The lowest BCUT2D eigenvalue weighted by atomic mass is 9.60. The molecular formula is C25H31NO4. The van der Waals surface area contributed by atoms with Crippen LogP contribution in [0.4, 0.5) is 0 Å². The second-order valence-electron chi connectivity index (χ2n) is 10.5. The molecule has 0 amide bonds. The van der Waals surface area contributed by atoms with E-state index in [0.717, 1.165) is 35.4 Å². The standard InChI is InChI=1S/C25H31NO4/c1-24(2)10-15-22(17(27)12-24)21(14-7-8-19(29-5)20(9-14)30-6)23-16(26-15)11-25(3,4)13-18(23)28/h7-9,21-22H,10-13H2,1-6H3/t21-,22?/m0/s1. The second-order valence-corrected chi connectivity index (χ2v) is 10.5. The summed E-state index contributed by atoms with van der Waals surface area (Å²) < 4.78 is 10.9. The number of methoxy groups -OCH3 is 2. The van der Waals surface area contributed by atoms with Crippen LogP contribution in [0, 0.1) is 16.7 Å². The maximum atomic E-state index is 13.3. The first-order chi connectivity index (χ1) is 14.0. The first-order valence-electron chi connectivity index (χ1n) is 10.6. The fraction of sp³-hybridized carbons (Fsp3) is 0.560. The molecule has 2 atom stereocenters. The molecule has 3 aliphatic rings. The lowest BCUT2D eigenvalue weighted by Crippen LogP contribution is -2.45. The van der Waals surface area contributed by atoms with Gasteiger partial charge in [0.05, 0.1) is 20.1 Å². The summed E-state index contributed by atoms with van der Waals surface area (Å²) in [5.74, 6) is 0.843. The number of carbonyl (C=O) groups is 2. The summed E-state index contributed by atoms with van der Waals surface area (Å²) in [6.07, 6.45) is 2.51. The fourth-order valence-corrected chi connectivity index (χ4v) is 5.42. The van der Waals surface area contributed by atoms with Crippen LogP contribution in [0.25, 0.3) is 0 Å². The zero-order valence-corrected chi connectivity index (χ0v) is 18.8. The van der Waals surface area contributed by atoms with Gasteiger partial charge in [0.15, 0.2) is 17.3 Å². The van der Waals surface area contributed by atoms with Crippen molar-refractivity contribution in [3.63, 3.8) is 0 Å². The highest BCUT2D eigenvalue weighted by atomic mass is 16.5. The van der Waals surface area contributed by atoms with Crippen molar-refractivity contribution in [3.05, 3.63) is 35.0 Å². The van der Waals surface area contributed by atoms with Gasteiger partial charge in [0.25, 0.3) is 0 Å². The zero-order valence-electron chi connectivity index (χ0n) is 18.8. The number of aliphatic imine (C=N–C) groups is 1. The van der Waals surface area contributed by atoms with Crippen LogP contribution in [-0.4, -0.2) is 31.5 Å². The molecule has 160 valence electrons. The quantitative estimate of drug-likeness (QED) is 0.713. The molecule has 5 nitrogen and oxygen atoms in total. The molecule has 0 aromatic heterocycles. The first kappa shape index (κ1) is 20.8. The zero-order chi connectivity index (χ0) is 21.8. The Hall–Kier alpha value is -2.43. The predicted molar refractivity (Wildman–Crippen MR) is 116 cm³/mol. The molecule has 1 saturated carbocycles. The molecule has 5 heteroatoms. The lowest BCUT2D eigenvalue weighted by Gasteiger charge is -2.44. The van der Waals surface area contributed by atoms with Crippen LogP contribution in [-0.2, 0) is 9.59 Å². The minimum Gasteiger partial charge on any atom is -0.493 e. The average molecular weight is 410 g/mol. The predicted octanol–water partition coefficient (Wildman–Crippen LogP) is 4.89. The highest BCUT2D eigenvalue weighted by Crippen LogP contribution is 2.52. The fourth-order valence-electron chi connectivity index (χ4n) is 5.42. The van der Waals surface area contributed by atoms with Crippen LogP contribution in [0.3, 0.4) is 0 Å². The van der Waals surface area contributed by atoms with Crippen LogP contribution in [0.15, 0.2) is 34.5 Å². The Balaban J connectivity index is 1.91. The van der Waals surface area contributed by atoms with Crippen LogP contribution in [0.1, 0.15) is 64.9 Å². The van der Waals surface area contributed by atoms with Gasteiger partial charge in [0.1, 0.15) is 5.78 Å². The Labute approximate surface area is 178 Å². The number of fused-ring (bicyclic) bond motifs is 1. The van der Waals surface area contributed by atoms with E-state index in [4.69, 9.17) is 14.5 Å². The van der Waals surface area contributed by atoms with E-state index in [0.29, 0.717) is 24.3 Å². The molecule has 1 unspecified atom stereocenters. The molecule has 1 aliphatic heterocycles. The molecule has 0 saturated heterocycles. The highest BCUT2D eigenvalue weighted by molar-refractivity contribution is 6.13. The van der Waals surface area contributed by atoms with Crippen molar-refractivity contribution in [1.29, 1.82) is 0 Å². The van der Waals surface area contributed by atoms with Gasteiger partial charge in [-0.3, -0.25) is 14.6 Å². The molecule has 30 heavy (non-hydrogen) atoms. The summed E-state index contributed by atoms with van der Waals surface area (Å²) in [5.41, 5.74) is 3.21. The van der Waals surface area contributed by atoms with Gasteiger partial charge in [-0.15, -0.1) is 0 Å². The van der Waals surface area contributed by atoms with Crippen molar-refractivity contribution < 1.29 is 19.1 Å². The molecule has 0 N–H and O–H groups in total. The summed E-state index contributed by atoms with van der Waals surface area (Å²) >= 11 is 0. The van der Waals surface area contributed by atoms with E-state index >= 15 is 0 Å². The van der Waals surface area contributed by atoms with Gasteiger partial charge in [0.2, 0.25) is 0 Å². The molecule has 2 aliphatic carbocycles. The van der Waals surface area contributed by atoms with Crippen LogP contribution >= 0.6 is 0 Å². The Morgan fingerprint density at radius 2 is 1.53 bits per heavy atom. The van der Waals surface area contributed by atoms with Gasteiger partial charge in [-0.05, 0) is 41.4 Å². The van der Waals surface area contributed by atoms with E-state index in [-0.39, 0.29) is 34.2 Å². The average Bonchev–Trinajstić information content (AvgIpc) is 2.63. The molecule has 0 bridgehead atoms. The number of ether oxygens (including phenoxy) is 2. The molecule has 0 spiro atoms. The van der Waals surface area contributed by atoms with E-state index in [2.05, 4.69) is 27.7 Å². The van der Waals surface area contributed by atoms with Gasteiger partial charge in [-0.2, -0.15) is 0 Å². The number of carbonyl (C=O) groups excluding carboxylic acids is 2. The summed E-state index contributed by atoms with van der Waals surface area (Å²) in [4.78, 5) is 31.6. The summed E-state index contributed by atoms with van der Waals surface area (Å²) in [6.45, 7) is 8.47. The van der Waals surface area contributed by atoms with Crippen molar-refractivity contribution >= 4 is 17.3 Å². The number of hydrogen-bond donors (Lipinski definition) is 0. The third kappa shape index (κ3) is 3.48. The Kier molecular flexibility index (Phi) is 4.91. The monoisotopic (exact) mass is 409 g/mol. The first-order valence-corrected chi connectivity index (χ1v) is 10.6. The number of benzene rings is 1. The van der Waals surface area contributed by atoms with Gasteiger partial charge in [-0.1, -0.05) is 33.8 Å². The number of allylic oxidation sites excluding steroid dienone is 2. The van der Waals surface area contributed by atoms with Gasteiger partial charge in [0, 0.05) is 35.7 Å². The minimum atomic E-state index is -0.375. The van der Waals surface area contributed by atoms with Crippen molar-refractivity contribution in [1.82, 2.24) is 0 Å². The van der Waals surface area contributed by atoms with Crippen LogP contribution in [0.5, 0.6) is 11.5 Å². The molecule has 1 fully saturated rings. The third-order valence-corrected chi connectivity index (χ3v) is 6.60. The summed E-state index contributed by atoms with van der Waals surface area (Å²) in [7, 11) is 3.20. The SMILES string of the molecule is COc1ccc([C@@H]2C3=C(CC(C)(C)CC3=O)N=C3CC(C)(C)CC(=O)C32)cc1OC. The molecule has 4 rings (SSSR count). The maximum absolute atomic E-state index is 13.3. The van der Waals surface area contributed by atoms with E-state index in [1.54, 1.807) is 14.2 Å². The molecule has 0 radical (unpaired) electrons. The molecular weight excluding hydrogens is 378 g/mol. The van der Waals surface area contributed by atoms with E-state index < -0.39 is 0 Å². The topological polar surface area (TPSA) is 65.0 Å². The van der Waals surface area contributed by atoms with E-state index in [1.165, 1.54) is 0 Å². The number of ketones is 2. The number of rotatable bonds is 3. The van der Waals surface area contributed by atoms with Gasteiger partial charge < -0.3 is 9.47 Å². The molecule has 1 aromatic rings. The van der Waals surface area contributed by atoms with E-state index in [9.17, 15) is 9.59 Å². The van der Waals surface area contributed by atoms with Crippen molar-refractivity contribution in [2.24, 2.45) is 21.7 Å². The number of Topliss-reactive ketones (excluding diaryl/α,β-unsaturated/α-hetero) is 2. The maximum Gasteiger partial charge on any atom is 0.161 e. The van der Waals surface area contributed by atoms with Gasteiger partial charge >= 0.3 is 0 Å². The van der Waals surface area contributed by atoms with Crippen LogP contribution in [0.2, 0.25) is 0 Å². The lowest BCUT2D eigenvalue weighted by molar-refractivity contribution is -0.124. The Morgan fingerprint density at radius 3 is 2.20 bits per heavy atom. The normalized spacial score (nSPS) is 27.2. The minimum absolute atomic E-state index is 0.110. The Morgan fingerprint density at radius 1 is 0.867 bits per heavy atom. The Bertz CT molecular complexity index is 983. The number of nitrogens with zero attached hydrogens (tertiary/aromatic N) is 1. The molecule has 1 heterocycles. The van der Waals surface area contributed by atoms with Gasteiger partial charge in [-0.25, -0.2) is 0 Å². The largest absolute Gasteiger partial charge is 0.493 e.